The van der Waals surface area contributed by atoms with E-state index >= 15 is 0 Å². The van der Waals surface area contributed by atoms with Crippen molar-refractivity contribution in [3.8, 4) is 0 Å². The standard InChI is InChI=1S/C15H22O5/c1-14(7-16)3-9-11(5-14)15(2,19)4-8-10(12(9)17)6-20-13(8)18/h9,11-12,16-17,19H,3-7H2,1-2H3/t9-,11+,12+,14+,15+/m1/s1. The van der Waals surface area contributed by atoms with Crippen molar-refractivity contribution in [1.29, 1.82) is 0 Å². The Kier molecular flexibility index (Phi) is 3.01. The molecule has 1 heterocycles. The van der Waals surface area contributed by atoms with Crippen molar-refractivity contribution >= 4 is 5.97 Å². The van der Waals surface area contributed by atoms with Gasteiger partial charge in [0, 0.05) is 24.2 Å². The van der Waals surface area contributed by atoms with Gasteiger partial charge in [-0.1, -0.05) is 6.92 Å². The normalized spacial score (nSPS) is 47.9. The second kappa shape index (κ2) is 4.29. The lowest BCUT2D eigenvalue weighted by Gasteiger charge is -2.34. The van der Waals surface area contributed by atoms with Gasteiger partial charge in [-0.3, -0.25) is 0 Å². The minimum Gasteiger partial charge on any atom is -0.458 e. The van der Waals surface area contributed by atoms with Gasteiger partial charge in [-0.2, -0.15) is 0 Å². The van der Waals surface area contributed by atoms with E-state index in [1.807, 2.05) is 6.92 Å². The molecule has 1 fully saturated rings. The van der Waals surface area contributed by atoms with Crippen molar-refractivity contribution in [2.75, 3.05) is 13.2 Å². The Labute approximate surface area is 118 Å². The first-order valence-electron chi connectivity index (χ1n) is 7.18. The van der Waals surface area contributed by atoms with Crippen molar-refractivity contribution in [1.82, 2.24) is 0 Å². The molecule has 0 unspecified atom stereocenters. The van der Waals surface area contributed by atoms with Crippen LogP contribution in [0.5, 0.6) is 0 Å². The first-order valence-corrected chi connectivity index (χ1v) is 7.18. The van der Waals surface area contributed by atoms with Crippen molar-refractivity contribution in [2.45, 2.75) is 44.8 Å². The van der Waals surface area contributed by atoms with Gasteiger partial charge >= 0.3 is 5.97 Å². The van der Waals surface area contributed by atoms with Gasteiger partial charge in [-0.05, 0) is 37.0 Å². The highest BCUT2D eigenvalue weighted by Gasteiger charge is 2.55. The van der Waals surface area contributed by atoms with Gasteiger partial charge in [0.25, 0.3) is 0 Å². The summed E-state index contributed by atoms with van der Waals surface area (Å²) in [5, 5.41) is 31.0. The van der Waals surface area contributed by atoms with Crippen LogP contribution in [0.4, 0.5) is 0 Å². The number of aliphatic hydroxyl groups excluding tert-OH is 2. The first-order chi connectivity index (χ1) is 9.27. The lowest BCUT2D eigenvalue weighted by Crippen LogP contribution is -2.39. The van der Waals surface area contributed by atoms with Crippen LogP contribution in [0.2, 0.25) is 0 Å². The predicted molar refractivity (Wildman–Crippen MR) is 70.6 cm³/mol. The molecule has 1 aliphatic heterocycles. The lowest BCUT2D eigenvalue weighted by atomic mass is 9.78. The molecule has 5 atom stereocenters. The Bertz CT molecular complexity index is 481. The van der Waals surface area contributed by atoms with Gasteiger partial charge in [-0.15, -0.1) is 0 Å². The highest BCUT2D eigenvalue weighted by atomic mass is 16.5. The minimum atomic E-state index is -1.06. The Hall–Kier alpha value is -0.910. The maximum absolute atomic E-state index is 11.8. The summed E-state index contributed by atoms with van der Waals surface area (Å²) in [5.41, 5.74) is -0.256. The number of aliphatic hydroxyl groups is 3. The van der Waals surface area contributed by atoms with Gasteiger partial charge in [0.2, 0.25) is 0 Å². The second-order valence-corrected chi connectivity index (χ2v) is 7.21. The van der Waals surface area contributed by atoms with E-state index in [0.29, 0.717) is 24.0 Å². The molecule has 0 aromatic rings. The average molecular weight is 282 g/mol. The topological polar surface area (TPSA) is 87.0 Å². The molecular formula is C15H22O5. The van der Waals surface area contributed by atoms with Crippen LogP contribution in [0.3, 0.4) is 0 Å². The van der Waals surface area contributed by atoms with Gasteiger partial charge in [-0.25, -0.2) is 4.79 Å². The third kappa shape index (κ3) is 1.91. The zero-order valence-corrected chi connectivity index (χ0v) is 11.9. The molecule has 0 radical (unpaired) electrons. The summed E-state index contributed by atoms with van der Waals surface area (Å²) in [7, 11) is 0. The van der Waals surface area contributed by atoms with E-state index < -0.39 is 17.7 Å². The monoisotopic (exact) mass is 282 g/mol. The van der Waals surface area contributed by atoms with Gasteiger partial charge in [0.1, 0.15) is 6.61 Å². The molecule has 3 N–H and O–H groups in total. The summed E-state index contributed by atoms with van der Waals surface area (Å²) in [6, 6.07) is 0. The Morgan fingerprint density at radius 1 is 1.35 bits per heavy atom. The number of fused-ring (bicyclic) bond motifs is 1. The van der Waals surface area contributed by atoms with Crippen LogP contribution in [0, 0.1) is 17.3 Å². The number of hydrogen-bond donors (Lipinski definition) is 3. The van der Waals surface area contributed by atoms with Crippen molar-refractivity contribution < 1.29 is 24.9 Å². The van der Waals surface area contributed by atoms with Crippen LogP contribution in [0.1, 0.15) is 33.1 Å². The Balaban J connectivity index is 2.01. The minimum absolute atomic E-state index is 0.0458. The highest BCUT2D eigenvalue weighted by Crippen LogP contribution is 2.55. The van der Waals surface area contributed by atoms with E-state index in [4.69, 9.17) is 4.74 Å². The summed E-state index contributed by atoms with van der Waals surface area (Å²) in [5.74, 6) is -0.665. The molecule has 0 aromatic heterocycles. The summed E-state index contributed by atoms with van der Waals surface area (Å²) >= 11 is 0. The molecular weight excluding hydrogens is 260 g/mol. The molecule has 2 aliphatic carbocycles. The van der Waals surface area contributed by atoms with Crippen LogP contribution in [0.25, 0.3) is 0 Å². The van der Waals surface area contributed by atoms with Gasteiger partial charge in [0.05, 0.1) is 11.7 Å². The molecule has 112 valence electrons. The summed E-state index contributed by atoms with van der Waals surface area (Å²) < 4.78 is 5.01. The number of rotatable bonds is 1. The molecule has 0 amide bonds. The molecule has 5 heteroatoms. The van der Waals surface area contributed by atoms with Crippen LogP contribution >= 0.6 is 0 Å². The van der Waals surface area contributed by atoms with Gasteiger partial charge < -0.3 is 20.1 Å². The molecule has 0 aromatic carbocycles. The quantitative estimate of drug-likeness (QED) is 0.605. The fourth-order valence-corrected chi connectivity index (χ4v) is 4.26. The third-order valence-corrected chi connectivity index (χ3v) is 5.43. The summed E-state index contributed by atoms with van der Waals surface area (Å²) in [4.78, 5) is 11.8. The van der Waals surface area contributed by atoms with Crippen LogP contribution in [0.15, 0.2) is 11.1 Å². The largest absolute Gasteiger partial charge is 0.458 e. The van der Waals surface area contributed by atoms with Crippen molar-refractivity contribution in [3.05, 3.63) is 11.1 Å². The lowest BCUT2D eigenvalue weighted by molar-refractivity contribution is -0.137. The zero-order chi connectivity index (χ0) is 14.7. The molecule has 5 nitrogen and oxygen atoms in total. The number of ether oxygens (including phenoxy) is 1. The Morgan fingerprint density at radius 3 is 2.70 bits per heavy atom. The van der Waals surface area contributed by atoms with Crippen molar-refractivity contribution in [3.63, 3.8) is 0 Å². The first kappa shape index (κ1) is 14.0. The highest BCUT2D eigenvalue weighted by molar-refractivity contribution is 5.92. The fourth-order valence-electron chi connectivity index (χ4n) is 4.26. The molecule has 0 spiro atoms. The van der Waals surface area contributed by atoms with Gasteiger partial charge in [0.15, 0.2) is 0 Å². The van der Waals surface area contributed by atoms with Crippen LogP contribution in [-0.2, 0) is 9.53 Å². The fraction of sp³-hybridized carbons (Fsp3) is 0.800. The maximum atomic E-state index is 11.8. The predicted octanol–water partition coefficient (Wildman–Crippen LogP) is 0.380. The SMILES string of the molecule is C[C@]1(CO)C[C@H]2[C@H](O)C3=C(C[C@](C)(O)[C@H]2C1)C(=O)OC3. The number of carbonyl (C=O) groups excluding carboxylic acids is 1. The van der Waals surface area contributed by atoms with Crippen molar-refractivity contribution in [2.24, 2.45) is 17.3 Å². The summed E-state index contributed by atoms with van der Waals surface area (Å²) in [6.07, 6.45) is 0.773. The molecule has 3 aliphatic rings. The second-order valence-electron chi connectivity index (χ2n) is 7.21. The Morgan fingerprint density at radius 2 is 2.05 bits per heavy atom. The van der Waals surface area contributed by atoms with E-state index in [2.05, 4.69) is 0 Å². The summed E-state index contributed by atoms with van der Waals surface area (Å²) in [6.45, 7) is 3.88. The van der Waals surface area contributed by atoms with E-state index in [9.17, 15) is 20.1 Å². The number of hydrogen-bond acceptors (Lipinski definition) is 5. The zero-order valence-electron chi connectivity index (χ0n) is 11.9. The molecule has 1 saturated carbocycles. The molecule has 0 saturated heterocycles. The number of esters is 1. The van der Waals surface area contributed by atoms with Crippen LogP contribution in [-0.4, -0.2) is 46.2 Å². The van der Waals surface area contributed by atoms with E-state index in [1.54, 1.807) is 6.92 Å². The maximum Gasteiger partial charge on any atom is 0.334 e. The number of cyclic esters (lactones) is 1. The third-order valence-electron chi connectivity index (χ3n) is 5.43. The van der Waals surface area contributed by atoms with E-state index in [-0.39, 0.29) is 36.9 Å². The molecule has 20 heavy (non-hydrogen) atoms. The number of carbonyl (C=O) groups is 1. The van der Waals surface area contributed by atoms with Crippen LogP contribution < -0.4 is 0 Å². The smallest absolute Gasteiger partial charge is 0.334 e. The average Bonchev–Trinajstić information content (AvgIpc) is 2.90. The molecule has 0 bridgehead atoms. The van der Waals surface area contributed by atoms with E-state index in [1.165, 1.54) is 0 Å². The van der Waals surface area contributed by atoms with E-state index in [0.717, 1.165) is 0 Å². The molecule has 3 rings (SSSR count).